The molecule has 0 spiro atoms. The molecule has 0 aromatic carbocycles. The molecule has 1 atom stereocenters. The number of anilines is 1. The minimum Gasteiger partial charge on any atom is -0.370 e. The average Bonchev–Trinajstić information content (AvgIpc) is 3.07. The second kappa shape index (κ2) is 4.06. The largest absolute Gasteiger partial charge is 0.370 e. The molecule has 1 aromatic rings. The fourth-order valence-electron chi connectivity index (χ4n) is 2.47. The van der Waals surface area contributed by atoms with Crippen LogP contribution in [0.2, 0.25) is 0 Å². The van der Waals surface area contributed by atoms with E-state index in [1.807, 2.05) is 6.20 Å². The van der Waals surface area contributed by atoms with Crippen molar-refractivity contribution in [2.45, 2.75) is 31.2 Å². The molecule has 2 fully saturated rings. The zero-order valence-corrected chi connectivity index (χ0v) is 9.82. The van der Waals surface area contributed by atoms with Gasteiger partial charge in [-0.1, -0.05) is 0 Å². The quantitative estimate of drug-likeness (QED) is 0.836. The lowest BCUT2D eigenvalue weighted by molar-refractivity contribution is 0.617. The third-order valence-corrected chi connectivity index (χ3v) is 3.72. The van der Waals surface area contributed by atoms with E-state index >= 15 is 0 Å². The zero-order valence-electron chi connectivity index (χ0n) is 9.82. The van der Waals surface area contributed by atoms with Gasteiger partial charge in [-0.05, 0) is 38.4 Å². The maximum Gasteiger partial charge on any atom is 0.0455 e. The van der Waals surface area contributed by atoms with Crippen LogP contribution in [0, 0.1) is 0 Å². The summed E-state index contributed by atoms with van der Waals surface area (Å²) in [5, 5.41) is 3.36. The third-order valence-electron chi connectivity index (χ3n) is 3.72. The highest BCUT2D eigenvalue weighted by molar-refractivity contribution is 5.48. The Labute approximate surface area is 96.9 Å². The van der Waals surface area contributed by atoms with Crippen molar-refractivity contribution < 1.29 is 0 Å². The van der Waals surface area contributed by atoms with E-state index < -0.39 is 0 Å². The van der Waals surface area contributed by atoms with Crippen LogP contribution in [0.1, 0.15) is 30.9 Å². The Bertz CT molecular complexity index is 373. The first-order valence-electron chi connectivity index (χ1n) is 6.25. The predicted octanol–water partition coefficient (Wildman–Crippen LogP) is 1.76. The van der Waals surface area contributed by atoms with Crippen LogP contribution in [0.15, 0.2) is 18.3 Å². The third kappa shape index (κ3) is 1.92. The fraction of sp³-hybridized carbons (Fsp3) is 0.615. The van der Waals surface area contributed by atoms with E-state index in [-0.39, 0.29) is 0 Å². The second-order valence-electron chi connectivity index (χ2n) is 4.93. The van der Waals surface area contributed by atoms with Crippen LogP contribution in [0.3, 0.4) is 0 Å². The molecular weight excluding hydrogens is 198 g/mol. The smallest absolute Gasteiger partial charge is 0.0455 e. The van der Waals surface area contributed by atoms with Crippen LogP contribution in [0.5, 0.6) is 0 Å². The zero-order chi connectivity index (χ0) is 11.0. The first-order valence-corrected chi connectivity index (χ1v) is 6.25. The van der Waals surface area contributed by atoms with Gasteiger partial charge in [-0.3, -0.25) is 4.98 Å². The molecular formula is C13H19N3. The van der Waals surface area contributed by atoms with Crippen LogP contribution in [0.4, 0.5) is 5.69 Å². The molecule has 3 heteroatoms. The Morgan fingerprint density at radius 1 is 1.38 bits per heavy atom. The number of hydrogen-bond donors (Lipinski definition) is 1. The van der Waals surface area contributed by atoms with Crippen molar-refractivity contribution in [3.63, 3.8) is 0 Å². The number of nitrogens with zero attached hydrogens (tertiary/aromatic N) is 2. The van der Waals surface area contributed by atoms with Gasteiger partial charge >= 0.3 is 0 Å². The molecule has 1 N–H and O–H groups in total. The molecule has 2 aliphatic rings. The summed E-state index contributed by atoms with van der Waals surface area (Å²) in [4.78, 5) is 6.94. The summed E-state index contributed by atoms with van der Waals surface area (Å²) in [7, 11) is 2.05. The van der Waals surface area contributed by atoms with Crippen LogP contribution in [-0.4, -0.2) is 31.2 Å². The van der Waals surface area contributed by atoms with Gasteiger partial charge in [0.2, 0.25) is 0 Å². The van der Waals surface area contributed by atoms with Crippen molar-refractivity contribution in [1.29, 1.82) is 0 Å². The van der Waals surface area contributed by atoms with Crippen LogP contribution < -0.4 is 10.2 Å². The number of aromatic nitrogens is 1. The molecule has 86 valence electrons. The summed E-state index contributed by atoms with van der Waals surface area (Å²) in [6.45, 7) is 2.30. The van der Waals surface area contributed by atoms with Gasteiger partial charge in [-0.25, -0.2) is 0 Å². The molecule has 0 unspecified atom stereocenters. The summed E-state index contributed by atoms with van der Waals surface area (Å²) in [5.74, 6) is 0.752. The van der Waals surface area contributed by atoms with Gasteiger partial charge in [0.15, 0.2) is 0 Å². The molecule has 0 amide bonds. The van der Waals surface area contributed by atoms with E-state index in [2.05, 4.69) is 34.4 Å². The molecule has 1 aliphatic heterocycles. The summed E-state index contributed by atoms with van der Waals surface area (Å²) >= 11 is 0. The Morgan fingerprint density at radius 2 is 2.25 bits per heavy atom. The molecule has 0 bridgehead atoms. The maximum atomic E-state index is 4.47. The molecule has 1 aromatic heterocycles. The molecule has 3 rings (SSSR count). The van der Waals surface area contributed by atoms with Gasteiger partial charge in [0, 0.05) is 42.6 Å². The normalized spacial score (nSPS) is 25.1. The lowest BCUT2D eigenvalue weighted by Gasteiger charge is -2.19. The highest BCUT2D eigenvalue weighted by atomic mass is 15.2. The number of rotatable bonds is 3. The van der Waals surface area contributed by atoms with Gasteiger partial charge in [0.05, 0.1) is 0 Å². The summed E-state index contributed by atoms with van der Waals surface area (Å²) in [5.41, 5.74) is 2.65. The van der Waals surface area contributed by atoms with Crippen molar-refractivity contribution in [3.8, 4) is 0 Å². The van der Waals surface area contributed by atoms with E-state index in [0.717, 1.165) is 12.5 Å². The highest BCUT2D eigenvalue weighted by Crippen LogP contribution is 2.39. The monoisotopic (exact) mass is 217 g/mol. The molecule has 1 saturated heterocycles. The standard InChI is InChI=1S/C13H19N3/c1-14-11-5-7-16(9-11)12-4-6-15-13(8-12)10-2-3-10/h4,6,8,10-11,14H,2-3,5,7,9H2,1H3/t11-/m0/s1. The Hall–Kier alpha value is -1.09. The van der Waals surface area contributed by atoms with Gasteiger partial charge < -0.3 is 10.2 Å². The highest BCUT2D eigenvalue weighted by Gasteiger charge is 2.26. The van der Waals surface area contributed by atoms with Crippen LogP contribution in [0.25, 0.3) is 0 Å². The van der Waals surface area contributed by atoms with Crippen molar-refractivity contribution in [2.75, 3.05) is 25.0 Å². The molecule has 16 heavy (non-hydrogen) atoms. The first-order chi connectivity index (χ1) is 7.86. The SMILES string of the molecule is CN[C@H]1CCN(c2ccnc(C3CC3)c2)C1. The Balaban J connectivity index is 1.76. The fourth-order valence-corrected chi connectivity index (χ4v) is 2.47. The van der Waals surface area contributed by atoms with Gasteiger partial charge in [0.1, 0.15) is 0 Å². The van der Waals surface area contributed by atoms with Crippen molar-refractivity contribution in [3.05, 3.63) is 24.0 Å². The molecule has 1 aliphatic carbocycles. The van der Waals surface area contributed by atoms with E-state index in [1.165, 1.54) is 37.2 Å². The average molecular weight is 217 g/mol. The van der Waals surface area contributed by atoms with E-state index in [0.29, 0.717) is 6.04 Å². The van der Waals surface area contributed by atoms with Crippen molar-refractivity contribution in [1.82, 2.24) is 10.3 Å². The topological polar surface area (TPSA) is 28.2 Å². The first kappa shape index (κ1) is 10.1. The van der Waals surface area contributed by atoms with Gasteiger partial charge in [0.25, 0.3) is 0 Å². The lowest BCUT2D eigenvalue weighted by Crippen LogP contribution is -2.29. The van der Waals surface area contributed by atoms with E-state index in [1.54, 1.807) is 0 Å². The lowest BCUT2D eigenvalue weighted by atomic mass is 10.2. The Kier molecular flexibility index (Phi) is 2.56. The van der Waals surface area contributed by atoms with E-state index in [9.17, 15) is 0 Å². The summed E-state index contributed by atoms with van der Waals surface area (Å²) < 4.78 is 0. The molecule has 1 saturated carbocycles. The van der Waals surface area contributed by atoms with Gasteiger partial charge in [-0.15, -0.1) is 0 Å². The minimum absolute atomic E-state index is 0.651. The number of likely N-dealkylation sites (N-methyl/N-ethyl adjacent to an activating group) is 1. The van der Waals surface area contributed by atoms with Gasteiger partial charge in [-0.2, -0.15) is 0 Å². The number of nitrogens with one attached hydrogen (secondary N) is 1. The summed E-state index contributed by atoms with van der Waals surface area (Å²) in [6.07, 6.45) is 5.87. The van der Waals surface area contributed by atoms with E-state index in [4.69, 9.17) is 0 Å². The van der Waals surface area contributed by atoms with Crippen molar-refractivity contribution >= 4 is 5.69 Å². The molecule has 0 radical (unpaired) electrons. The Morgan fingerprint density at radius 3 is 2.94 bits per heavy atom. The molecule has 3 nitrogen and oxygen atoms in total. The number of hydrogen-bond acceptors (Lipinski definition) is 3. The minimum atomic E-state index is 0.651. The second-order valence-corrected chi connectivity index (χ2v) is 4.93. The maximum absolute atomic E-state index is 4.47. The summed E-state index contributed by atoms with van der Waals surface area (Å²) in [6, 6.07) is 5.08. The molecule has 2 heterocycles. The van der Waals surface area contributed by atoms with Crippen LogP contribution in [-0.2, 0) is 0 Å². The number of pyridine rings is 1. The van der Waals surface area contributed by atoms with Crippen LogP contribution >= 0.6 is 0 Å². The van der Waals surface area contributed by atoms with Crippen molar-refractivity contribution in [2.24, 2.45) is 0 Å². The predicted molar refractivity (Wildman–Crippen MR) is 65.9 cm³/mol.